The monoisotopic (exact) mass is 412 g/mol. The molecule has 0 saturated carbocycles. The summed E-state index contributed by atoms with van der Waals surface area (Å²) in [5.41, 5.74) is 0.909. The van der Waals surface area contributed by atoms with Crippen molar-refractivity contribution in [3.63, 3.8) is 0 Å². The Bertz CT molecular complexity index is 927. The zero-order valence-corrected chi connectivity index (χ0v) is 17.7. The van der Waals surface area contributed by atoms with Crippen molar-refractivity contribution in [2.24, 2.45) is 12.5 Å². The van der Waals surface area contributed by atoms with E-state index in [-0.39, 0.29) is 23.9 Å². The van der Waals surface area contributed by atoms with Crippen LogP contribution in [0.5, 0.6) is 0 Å². The number of nitrogens with zero attached hydrogens (tertiary/aromatic N) is 5. The second-order valence-corrected chi connectivity index (χ2v) is 8.10. The Balaban J connectivity index is 1.52. The fourth-order valence-electron chi connectivity index (χ4n) is 5.03. The maximum absolute atomic E-state index is 13.4. The molecule has 0 spiro atoms. The third-order valence-electron chi connectivity index (χ3n) is 6.55. The van der Waals surface area contributed by atoms with Crippen LogP contribution < -0.4 is 5.32 Å². The van der Waals surface area contributed by atoms with Gasteiger partial charge in [0.25, 0.3) is 5.91 Å². The van der Waals surface area contributed by atoms with Crippen molar-refractivity contribution in [3.8, 4) is 11.4 Å². The Morgan fingerprint density at radius 3 is 2.67 bits per heavy atom. The summed E-state index contributed by atoms with van der Waals surface area (Å²) in [7, 11) is 3.33. The standard InChI is InChI=1S/C21H28N6O3/c1-4-21(20(29)22-11-12-30-3)13-16-9-10-17(21)27(16)19(28)15-7-5-14(6-8-15)18-23-25-26(2)24-18/h5-8,16-17H,4,9-13H2,1-3H3,(H,22,29)/t16-,17+,21+/m1/s1. The van der Waals surface area contributed by atoms with Gasteiger partial charge >= 0.3 is 0 Å². The van der Waals surface area contributed by atoms with Crippen LogP contribution in [0.1, 0.15) is 43.0 Å². The highest BCUT2D eigenvalue weighted by atomic mass is 16.5. The van der Waals surface area contributed by atoms with Crippen LogP contribution in [0.4, 0.5) is 0 Å². The first kappa shape index (κ1) is 20.5. The molecular formula is C21H28N6O3. The predicted molar refractivity (Wildman–Crippen MR) is 109 cm³/mol. The lowest BCUT2D eigenvalue weighted by Crippen LogP contribution is -2.50. The Kier molecular flexibility index (Phi) is 5.55. The molecule has 9 nitrogen and oxygen atoms in total. The van der Waals surface area contributed by atoms with Crippen molar-refractivity contribution in [1.82, 2.24) is 30.4 Å². The van der Waals surface area contributed by atoms with Crippen LogP contribution in [0.3, 0.4) is 0 Å². The summed E-state index contributed by atoms with van der Waals surface area (Å²) in [6.45, 7) is 3.01. The van der Waals surface area contributed by atoms with Gasteiger partial charge in [0.15, 0.2) is 0 Å². The minimum absolute atomic E-state index is 0.0128. The number of methoxy groups -OCH3 is 1. The van der Waals surface area contributed by atoms with Crippen LogP contribution in [0.2, 0.25) is 0 Å². The van der Waals surface area contributed by atoms with Gasteiger partial charge in [0.05, 0.1) is 19.1 Å². The molecule has 2 aliphatic rings. The van der Waals surface area contributed by atoms with Crippen molar-refractivity contribution >= 4 is 11.8 Å². The van der Waals surface area contributed by atoms with E-state index in [2.05, 4.69) is 20.7 Å². The fraction of sp³-hybridized carbons (Fsp3) is 0.571. The molecule has 1 aromatic heterocycles. The fourth-order valence-corrected chi connectivity index (χ4v) is 5.03. The first-order chi connectivity index (χ1) is 14.5. The molecule has 2 saturated heterocycles. The van der Waals surface area contributed by atoms with E-state index in [1.165, 1.54) is 4.80 Å². The van der Waals surface area contributed by atoms with Crippen LogP contribution >= 0.6 is 0 Å². The van der Waals surface area contributed by atoms with Crippen LogP contribution in [0.25, 0.3) is 11.4 Å². The predicted octanol–water partition coefficient (Wildman–Crippen LogP) is 1.41. The average molecular weight is 412 g/mol. The van der Waals surface area contributed by atoms with Gasteiger partial charge in [-0.3, -0.25) is 9.59 Å². The maximum atomic E-state index is 13.4. The lowest BCUT2D eigenvalue weighted by molar-refractivity contribution is -0.133. The summed E-state index contributed by atoms with van der Waals surface area (Å²) in [5, 5.41) is 15.0. The number of amides is 2. The molecule has 1 N–H and O–H groups in total. The Morgan fingerprint density at radius 2 is 2.03 bits per heavy atom. The molecule has 2 amide bonds. The molecule has 0 aliphatic carbocycles. The molecule has 0 unspecified atom stereocenters. The number of rotatable bonds is 7. The molecule has 0 radical (unpaired) electrons. The van der Waals surface area contributed by atoms with E-state index < -0.39 is 5.41 Å². The summed E-state index contributed by atoms with van der Waals surface area (Å²) in [6, 6.07) is 7.33. The zero-order chi connectivity index (χ0) is 21.3. The van der Waals surface area contributed by atoms with Crippen molar-refractivity contribution < 1.29 is 14.3 Å². The molecule has 4 rings (SSSR count). The van der Waals surface area contributed by atoms with Gasteiger partial charge < -0.3 is 15.0 Å². The number of hydrogen-bond acceptors (Lipinski definition) is 6. The van der Waals surface area contributed by atoms with Crippen molar-refractivity contribution in [1.29, 1.82) is 0 Å². The number of hydrogen-bond donors (Lipinski definition) is 1. The topological polar surface area (TPSA) is 102 Å². The molecule has 3 heterocycles. The van der Waals surface area contributed by atoms with Gasteiger partial charge in [-0.05, 0) is 43.0 Å². The van der Waals surface area contributed by atoms with Gasteiger partial charge in [0, 0.05) is 36.9 Å². The van der Waals surface area contributed by atoms with Gasteiger partial charge in [0.2, 0.25) is 11.7 Å². The molecule has 2 aliphatic heterocycles. The highest BCUT2D eigenvalue weighted by Crippen LogP contribution is 2.52. The molecule has 9 heteroatoms. The first-order valence-corrected chi connectivity index (χ1v) is 10.4. The number of benzene rings is 1. The summed E-state index contributed by atoms with van der Waals surface area (Å²) >= 11 is 0. The average Bonchev–Trinajstić information content (AvgIpc) is 3.47. The Hall–Kier alpha value is -2.81. The first-order valence-electron chi connectivity index (χ1n) is 10.4. The highest BCUT2D eigenvalue weighted by molar-refractivity contribution is 5.97. The second kappa shape index (κ2) is 8.14. The molecule has 3 atom stereocenters. The SMILES string of the molecule is CC[C@]1(C(=O)NCCOC)C[C@H]2CC[C@@H]1N2C(=O)c1ccc(-c2nnn(C)n2)cc1. The number of tetrazole rings is 1. The van der Waals surface area contributed by atoms with Gasteiger partial charge in [-0.1, -0.05) is 19.1 Å². The number of carbonyl (C=O) groups excluding carboxylic acids is 2. The van der Waals surface area contributed by atoms with Crippen molar-refractivity contribution in [2.75, 3.05) is 20.3 Å². The number of aromatic nitrogens is 4. The quantitative estimate of drug-likeness (QED) is 0.690. The minimum atomic E-state index is -0.518. The van der Waals surface area contributed by atoms with Gasteiger partial charge in [-0.2, -0.15) is 4.80 Å². The molecule has 2 aromatic rings. The van der Waals surface area contributed by atoms with Crippen LogP contribution in [-0.4, -0.2) is 69.3 Å². The van der Waals surface area contributed by atoms with Crippen molar-refractivity contribution in [2.45, 2.75) is 44.7 Å². The normalized spacial score (nSPS) is 25.0. The lowest BCUT2D eigenvalue weighted by Gasteiger charge is -2.35. The Morgan fingerprint density at radius 1 is 1.27 bits per heavy atom. The van der Waals surface area contributed by atoms with E-state index in [0.717, 1.165) is 24.8 Å². The van der Waals surface area contributed by atoms with E-state index >= 15 is 0 Å². The number of ether oxygens (including phenoxy) is 1. The smallest absolute Gasteiger partial charge is 0.254 e. The van der Waals surface area contributed by atoms with Crippen LogP contribution in [-0.2, 0) is 16.6 Å². The van der Waals surface area contributed by atoms with E-state index in [4.69, 9.17) is 4.74 Å². The number of fused-ring (bicyclic) bond motifs is 2. The lowest BCUT2D eigenvalue weighted by atomic mass is 9.71. The van der Waals surface area contributed by atoms with Crippen LogP contribution in [0, 0.1) is 5.41 Å². The largest absolute Gasteiger partial charge is 0.383 e. The van der Waals surface area contributed by atoms with Crippen LogP contribution in [0.15, 0.2) is 24.3 Å². The highest BCUT2D eigenvalue weighted by Gasteiger charge is 2.60. The summed E-state index contributed by atoms with van der Waals surface area (Å²) < 4.78 is 5.05. The molecule has 2 bridgehead atoms. The third kappa shape index (κ3) is 3.36. The van der Waals surface area contributed by atoms with Gasteiger partial charge in [-0.15, -0.1) is 10.2 Å². The maximum Gasteiger partial charge on any atom is 0.254 e. The molecule has 1 aromatic carbocycles. The van der Waals surface area contributed by atoms with E-state index in [1.807, 2.05) is 24.0 Å². The van der Waals surface area contributed by atoms with Gasteiger partial charge in [0.1, 0.15) is 0 Å². The summed E-state index contributed by atoms with van der Waals surface area (Å²) in [4.78, 5) is 29.8. The minimum Gasteiger partial charge on any atom is -0.383 e. The third-order valence-corrected chi connectivity index (χ3v) is 6.55. The van der Waals surface area contributed by atoms with E-state index in [0.29, 0.717) is 31.0 Å². The Labute approximate surface area is 175 Å². The van der Waals surface area contributed by atoms with Crippen molar-refractivity contribution in [3.05, 3.63) is 29.8 Å². The summed E-state index contributed by atoms with van der Waals surface area (Å²) in [5.74, 6) is 0.549. The zero-order valence-electron chi connectivity index (χ0n) is 17.7. The van der Waals surface area contributed by atoms with E-state index in [1.54, 1.807) is 26.3 Å². The molecular weight excluding hydrogens is 384 g/mol. The molecule has 160 valence electrons. The summed E-state index contributed by atoms with van der Waals surface area (Å²) in [6.07, 6.45) is 3.25. The molecule has 30 heavy (non-hydrogen) atoms. The number of aryl methyl sites for hydroxylation is 1. The second-order valence-electron chi connectivity index (χ2n) is 8.10. The molecule has 2 fully saturated rings. The number of nitrogens with one attached hydrogen (secondary N) is 1. The number of carbonyl (C=O) groups is 2. The van der Waals surface area contributed by atoms with E-state index in [9.17, 15) is 9.59 Å². The van der Waals surface area contributed by atoms with Gasteiger partial charge in [-0.25, -0.2) is 0 Å².